The SMILES string of the molecule is O=C(N[C@@H]1C[C@H]1C1CCCCC1)N(CCO)C1CC1. The van der Waals surface area contributed by atoms with E-state index in [1.807, 2.05) is 4.90 Å². The Bertz CT molecular complexity index is 324. The van der Waals surface area contributed by atoms with Gasteiger partial charge in [-0.3, -0.25) is 0 Å². The molecule has 2 N–H and O–H groups in total. The number of carbonyl (C=O) groups is 1. The molecule has 4 heteroatoms. The standard InChI is InChI=1S/C15H26N2O2/c18-9-8-17(12-6-7-12)15(19)16-14-10-13(14)11-4-2-1-3-5-11/h11-14,18H,1-10H2,(H,16,19)/t13-,14+/m0/s1. The van der Waals surface area contributed by atoms with Crippen LogP contribution in [-0.2, 0) is 0 Å². The van der Waals surface area contributed by atoms with E-state index in [-0.39, 0.29) is 12.6 Å². The van der Waals surface area contributed by atoms with E-state index in [1.54, 1.807) is 0 Å². The number of carbonyl (C=O) groups excluding carboxylic acids is 1. The third-order valence-electron chi connectivity index (χ3n) is 4.99. The van der Waals surface area contributed by atoms with Crippen molar-refractivity contribution in [3.05, 3.63) is 0 Å². The fourth-order valence-corrected chi connectivity index (χ4v) is 3.65. The smallest absolute Gasteiger partial charge is 0.317 e. The summed E-state index contributed by atoms with van der Waals surface area (Å²) in [5.41, 5.74) is 0. The predicted molar refractivity (Wildman–Crippen MR) is 73.8 cm³/mol. The molecule has 0 saturated heterocycles. The molecule has 0 aromatic carbocycles. The number of amides is 2. The molecule has 3 rings (SSSR count). The highest BCUT2D eigenvalue weighted by Gasteiger charge is 2.45. The minimum atomic E-state index is 0.0554. The summed E-state index contributed by atoms with van der Waals surface area (Å²) in [6.07, 6.45) is 10.2. The predicted octanol–water partition coefficient (Wildman–Crippen LogP) is 2.12. The molecule has 3 aliphatic carbocycles. The van der Waals surface area contributed by atoms with Crippen molar-refractivity contribution in [2.24, 2.45) is 11.8 Å². The van der Waals surface area contributed by atoms with E-state index < -0.39 is 0 Å². The highest BCUT2D eigenvalue weighted by molar-refractivity contribution is 5.75. The van der Waals surface area contributed by atoms with Gasteiger partial charge in [-0.05, 0) is 31.1 Å². The Morgan fingerprint density at radius 1 is 1.16 bits per heavy atom. The largest absolute Gasteiger partial charge is 0.395 e. The summed E-state index contributed by atoms with van der Waals surface area (Å²) in [5, 5.41) is 12.2. The lowest BCUT2D eigenvalue weighted by molar-refractivity contribution is 0.172. The Morgan fingerprint density at radius 2 is 1.89 bits per heavy atom. The number of hydrogen-bond donors (Lipinski definition) is 2. The Kier molecular flexibility index (Phi) is 3.96. The van der Waals surface area contributed by atoms with Gasteiger partial charge in [0.25, 0.3) is 0 Å². The quantitative estimate of drug-likeness (QED) is 0.801. The van der Waals surface area contributed by atoms with Gasteiger partial charge in [-0.25, -0.2) is 4.79 Å². The van der Waals surface area contributed by atoms with Crippen molar-refractivity contribution in [2.75, 3.05) is 13.2 Å². The molecule has 0 aromatic heterocycles. The van der Waals surface area contributed by atoms with Crippen molar-refractivity contribution < 1.29 is 9.90 Å². The lowest BCUT2D eigenvalue weighted by Gasteiger charge is -2.24. The Labute approximate surface area is 115 Å². The summed E-state index contributed by atoms with van der Waals surface area (Å²) in [4.78, 5) is 14.0. The molecule has 0 bridgehead atoms. The van der Waals surface area contributed by atoms with Crippen molar-refractivity contribution >= 4 is 6.03 Å². The number of nitrogens with zero attached hydrogens (tertiary/aromatic N) is 1. The Morgan fingerprint density at radius 3 is 2.53 bits per heavy atom. The van der Waals surface area contributed by atoms with Crippen molar-refractivity contribution in [3.63, 3.8) is 0 Å². The summed E-state index contributed by atoms with van der Waals surface area (Å²) >= 11 is 0. The lowest BCUT2D eigenvalue weighted by Crippen LogP contribution is -2.44. The molecule has 0 unspecified atom stereocenters. The summed E-state index contributed by atoms with van der Waals surface area (Å²) in [6, 6.07) is 0.856. The van der Waals surface area contributed by atoms with Crippen LogP contribution < -0.4 is 5.32 Å². The summed E-state index contributed by atoms with van der Waals surface area (Å²) in [6.45, 7) is 0.554. The van der Waals surface area contributed by atoms with Gasteiger partial charge in [-0.2, -0.15) is 0 Å². The second-order valence-electron chi connectivity index (χ2n) is 6.50. The monoisotopic (exact) mass is 266 g/mol. The zero-order chi connectivity index (χ0) is 13.2. The van der Waals surface area contributed by atoms with Gasteiger partial charge in [0, 0.05) is 18.6 Å². The van der Waals surface area contributed by atoms with Gasteiger partial charge in [-0.15, -0.1) is 0 Å². The second-order valence-corrected chi connectivity index (χ2v) is 6.50. The number of aliphatic hydroxyl groups is 1. The lowest BCUT2D eigenvalue weighted by atomic mass is 9.85. The maximum absolute atomic E-state index is 12.2. The molecule has 3 fully saturated rings. The first-order valence-corrected chi connectivity index (χ1v) is 7.97. The first-order valence-electron chi connectivity index (χ1n) is 7.97. The van der Waals surface area contributed by atoms with Crippen molar-refractivity contribution in [3.8, 4) is 0 Å². The van der Waals surface area contributed by atoms with Crippen LogP contribution in [0.15, 0.2) is 0 Å². The molecule has 3 aliphatic rings. The first-order chi connectivity index (χ1) is 9.29. The van der Waals surface area contributed by atoms with Crippen LogP contribution in [0, 0.1) is 11.8 Å². The van der Waals surface area contributed by atoms with E-state index in [2.05, 4.69) is 5.32 Å². The van der Waals surface area contributed by atoms with Crippen LogP contribution in [0.2, 0.25) is 0 Å². The second kappa shape index (κ2) is 5.70. The van der Waals surface area contributed by atoms with E-state index in [0.717, 1.165) is 24.7 Å². The third-order valence-corrected chi connectivity index (χ3v) is 4.99. The fraction of sp³-hybridized carbons (Fsp3) is 0.933. The van der Waals surface area contributed by atoms with Crippen LogP contribution in [0.1, 0.15) is 51.4 Å². The van der Waals surface area contributed by atoms with Crippen LogP contribution in [0.25, 0.3) is 0 Å². The molecular formula is C15H26N2O2. The van der Waals surface area contributed by atoms with Gasteiger partial charge >= 0.3 is 6.03 Å². The molecule has 2 amide bonds. The van der Waals surface area contributed by atoms with Gasteiger partial charge in [0.1, 0.15) is 0 Å². The highest BCUT2D eigenvalue weighted by Crippen LogP contribution is 2.44. The van der Waals surface area contributed by atoms with E-state index in [9.17, 15) is 4.79 Å². The van der Waals surface area contributed by atoms with Crippen molar-refractivity contribution in [1.82, 2.24) is 10.2 Å². The number of rotatable bonds is 5. The molecule has 0 radical (unpaired) electrons. The van der Waals surface area contributed by atoms with Crippen LogP contribution in [0.5, 0.6) is 0 Å². The summed E-state index contributed by atoms with van der Waals surface area (Å²) in [7, 11) is 0. The molecule has 0 aromatic rings. The molecule has 4 nitrogen and oxygen atoms in total. The van der Waals surface area contributed by atoms with Crippen LogP contribution in [0.3, 0.4) is 0 Å². The van der Waals surface area contributed by atoms with Crippen molar-refractivity contribution in [2.45, 2.75) is 63.5 Å². The summed E-state index contributed by atoms with van der Waals surface area (Å²) in [5.74, 6) is 1.59. The van der Waals surface area contributed by atoms with Crippen LogP contribution in [-0.4, -0.2) is 41.3 Å². The van der Waals surface area contributed by atoms with Gasteiger partial charge < -0.3 is 15.3 Å². The molecule has 3 saturated carbocycles. The van der Waals surface area contributed by atoms with Crippen LogP contribution >= 0.6 is 0 Å². The molecule has 2 atom stereocenters. The third kappa shape index (κ3) is 3.22. The topological polar surface area (TPSA) is 52.6 Å². The van der Waals surface area contributed by atoms with Gasteiger partial charge in [0.15, 0.2) is 0 Å². The molecule has 0 spiro atoms. The molecule has 0 aliphatic heterocycles. The van der Waals surface area contributed by atoms with Crippen LogP contribution in [0.4, 0.5) is 4.79 Å². The fourth-order valence-electron chi connectivity index (χ4n) is 3.65. The molecule has 19 heavy (non-hydrogen) atoms. The van der Waals surface area contributed by atoms with E-state index in [0.29, 0.717) is 18.6 Å². The van der Waals surface area contributed by atoms with E-state index in [4.69, 9.17) is 5.11 Å². The van der Waals surface area contributed by atoms with Gasteiger partial charge in [0.05, 0.1) is 6.61 Å². The average molecular weight is 266 g/mol. The zero-order valence-electron chi connectivity index (χ0n) is 11.7. The average Bonchev–Trinajstić information content (AvgIpc) is 3.31. The van der Waals surface area contributed by atoms with Gasteiger partial charge in [0.2, 0.25) is 0 Å². The first kappa shape index (κ1) is 13.2. The minimum Gasteiger partial charge on any atom is -0.395 e. The maximum atomic E-state index is 12.2. The number of nitrogens with one attached hydrogen (secondary N) is 1. The van der Waals surface area contributed by atoms with Crippen molar-refractivity contribution in [1.29, 1.82) is 0 Å². The molecular weight excluding hydrogens is 240 g/mol. The number of aliphatic hydroxyl groups excluding tert-OH is 1. The summed E-state index contributed by atoms with van der Waals surface area (Å²) < 4.78 is 0. The van der Waals surface area contributed by atoms with E-state index >= 15 is 0 Å². The van der Waals surface area contributed by atoms with E-state index in [1.165, 1.54) is 38.5 Å². The molecule has 108 valence electrons. The number of urea groups is 1. The Balaban J connectivity index is 1.45. The maximum Gasteiger partial charge on any atom is 0.317 e. The minimum absolute atomic E-state index is 0.0554. The van der Waals surface area contributed by atoms with Gasteiger partial charge in [-0.1, -0.05) is 32.1 Å². The normalized spacial score (nSPS) is 31.0. The zero-order valence-corrected chi connectivity index (χ0v) is 11.7. The highest BCUT2D eigenvalue weighted by atomic mass is 16.3. The Hall–Kier alpha value is -0.770. The number of hydrogen-bond acceptors (Lipinski definition) is 2. The molecule has 0 heterocycles.